The summed E-state index contributed by atoms with van der Waals surface area (Å²) in [7, 11) is 0. The van der Waals surface area contributed by atoms with Gasteiger partial charge in [0.15, 0.2) is 17.3 Å². The lowest BCUT2D eigenvalue weighted by atomic mass is 10.2. The number of ether oxygens (including phenoxy) is 3. The van der Waals surface area contributed by atoms with Crippen LogP contribution in [0, 0.1) is 5.82 Å². The van der Waals surface area contributed by atoms with Crippen LogP contribution in [0.15, 0.2) is 36.4 Å². The van der Waals surface area contributed by atoms with Gasteiger partial charge in [0, 0.05) is 18.2 Å². The molecule has 0 unspecified atom stereocenters. The molecule has 0 aliphatic rings. The smallest absolute Gasteiger partial charge is 0.167 e. The zero-order valence-corrected chi connectivity index (χ0v) is 12.1. The first-order valence-corrected chi connectivity index (χ1v) is 6.76. The molecule has 0 aromatic heterocycles. The van der Waals surface area contributed by atoms with E-state index in [1.807, 2.05) is 19.1 Å². The van der Waals surface area contributed by atoms with Crippen molar-refractivity contribution >= 4 is 5.69 Å². The van der Waals surface area contributed by atoms with Gasteiger partial charge in [-0.1, -0.05) is 6.07 Å². The van der Waals surface area contributed by atoms with Crippen molar-refractivity contribution in [2.75, 3.05) is 18.9 Å². The van der Waals surface area contributed by atoms with Crippen LogP contribution in [0.25, 0.3) is 0 Å². The normalized spacial score (nSPS) is 10.2. The molecule has 0 bridgehead atoms. The maximum Gasteiger partial charge on any atom is 0.167 e. The number of benzene rings is 2. The highest BCUT2D eigenvalue weighted by atomic mass is 19.1. The number of hydrogen-bond donors (Lipinski definition) is 1. The highest BCUT2D eigenvalue weighted by Crippen LogP contribution is 2.34. The fourth-order valence-electron chi connectivity index (χ4n) is 1.83. The molecule has 0 fully saturated rings. The second kappa shape index (κ2) is 6.83. The van der Waals surface area contributed by atoms with Crippen molar-refractivity contribution in [1.82, 2.24) is 0 Å². The van der Waals surface area contributed by atoms with Gasteiger partial charge in [0.25, 0.3) is 0 Å². The molecule has 0 aliphatic heterocycles. The highest BCUT2D eigenvalue weighted by Gasteiger charge is 2.11. The van der Waals surface area contributed by atoms with Gasteiger partial charge in [-0.3, -0.25) is 0 Å². The Hall–Kier alpha value is -2.43. The van der Waals surface area contributed by atoms with E-state index in [4.69, 9.17) is 19.9 Å². The van der Waals surface area contributed by atoms with Gasteiger partial charge >= 0.3 is 0 Å². The van der Waals surface area contributed by atoms with E-state index in [9.17, 15) is 4.39 Å². The maximum absolute atomic E-state index is 13.6. The van der Waals surface area contributed by atoms with Crippen LogP contribution in [0.5, 0.6) is 23.0 Å². The number of hydrogen-bond acceptors (Lipinski definition) is 4. The van der Waals surface area contributed by atoms with Gasteiger partial charge in [0.2, 0.25) is 0 Å². The lowest BCUT2D eigenvalue weighted by Crippen LogP contribution is -1.99. The van der Waals surface area contributed by atoms with Gasteiger partial charge in [-0.25, -0.2) is 4.39 Å². The van der Waals surface area contributed by atoms with Crippen molar-refractivity contribution in [3.63, 3.8) is 0 Å². The molecule has 0 aliphatic carbocycles. The van der Waals surface area contributed by atoms with Crippen molar-refractivity contribution in [3.8, 4) is 23.0 Å². The van der Waals surface area contributed by atoms with E-state index in [2.05, 4.69) is 0 Å². The van der Waals surface area contributed by atoms with Gasteiger partial charge in [-0.05, 0) is 26.0 Å². The third-order valence-corrected chi connectivity index (χ3v) is 2.71. The summed E-state index contributed by atoms with van der Waals surface area (Å²) in [5.74, 6) is 1.20. The molecule has 2 aromatic carbocycles. The molecule has 112 valence electrons. The van der Waals surface area contributed by atoms with Crippen LogP contribution in [0.1, 0.15) is 13.8 Å². The summed E-state index contributed by atoms with van der Waals surface area (Å²) in [5, 5.41) is 0. The van der Waals surface area contributed by atoms with E-state index in [0.717, 1.165) is 0 Å². The molecule has 0 heterocycles. The van der Waals surface area contributed by atoms with Gasteiger partial charge < -0.3 is 19.9 Å². The lowest BCUT2D eigenvalue weighted by Gasteiger charge is -2.12. The van der Waals surface area contributed by atoms with Crippen LogP contribution in [0.2, 0.25) is 0 Å². The second-order valence-corrected chi connectivity index (χ2v) is 4.26. The third-order valence-electron chi connectivity index (χ3n) is 2.71. The summed E-state index contributed by atoms with van der Waals surface area (Å²) >= 11 is 0. The summed E-state index contributed by atoms with van der Waals surface area (Å²) in [6.45, 7) is 4.61. The number of anilines is 1. The Morgan fingerprint density at radius 3 is 2.38 bits per heavy atom. The molecule has 2 N–H and O–H groups in total. The predicted octanol–water partition coefficient (Wildman–Crippen LogP) is 4.00. The van der Waals surface area contributed by atoms with E-state index < -0.39 is 5.82 Å². The Labute approximate surface area is 123 Å². The van der Waals surface area contributed by atoms with Crippen LogP contribution in [0.3, 0.4) is 0 Å². The zero-order valence-electron chi connectivity index (χ0n) is 12.1. The molecule has 2 rings (SSSR count). The van der Waals surface area contributed by atoms with Gasteiger partial charge in [0.05, 0.1) is 18.9 Å². The first-order chi connectivity index (χ1) is 10.1. The largest absolute Gasteiger partial charge is 0.494 e. The molecular formula is C16H18FNO3. The van der Waals surface area contributed by atoms with Crippen molar-refractivity contribution in [3.05, 3.63) is 42.2 Å². The summed E-state index contributed by atoms with van der Waals surface area (Å²) in [6, 6.07) is 9.78. The molecule has 0 atom stereocenters. The molecule has 21 heavy (non-hydrogen) atoms. The maximum atomic E-state index is 13.6. The minimum absolute atomic E-state index is 0.114. The van der Waals surface area contributed by atoms with Gasteiger partial charge in [-0.15, -0.1) is 0 Å². The fraction of sp³-hybridized carbons (Fsp3) is 0.250. The molecule has 0 amide bonds. The van der Waals surface area contributed by atoms with Crippen LogP contribution in [-0.4, -0.2) is 13.2 Å². The molecule has 0 saturated carbocycles. The van der Waals surface area contributed by atoms with Crippen molar-refractivity contribution < 1.29 is 18.6 Å². The van der Waals surface area contributed by atoms with E-state index in [1.165, 1.54) is 12.1 Å². The molecule has 2 aromatic rings. The Morgan fingerprint density at radius 1 is 0.952 bits per heavy atom. The molecular weight excluding hydrogens is 273 g/mol. The average molecular weight is 291 g/mol. The Balaban J connectivity index is 2.26. The summed E-state index contributed by atoms with van der Waals surface area (Å²) in [4.78, 5) is 0. The van der Waals surface area contributed by atoms with Crippen LogP contribution in [-0.2, 0) is 0 Å². The lowest BCUT2D eigenvalue weighted by molar-refractivity contribution is 0.319. The van der Waals surface area contributed by atoms with Crippen LogP contribution < -0.4 is 19.9 Å². The summed E-state index contributed by atoms with van der Waals surface area (Å²) in [6.07, 6.45) is 0. The predicted molar refractivity (Wildman–Crippen MR) is 79.7 cm³/mol. The number of nitrogens with two attached hydrogens (primary N) is 1. The summed E-state index contributed by atoms with van der Waals surface area (Å²) < 4.78 is 29.9. The van der Waals surface area contributed by atoms with E-state index in [1.54, 1.807) is 19.1 Å². The number of nitrogen functional groups attached to an aromatic ring is 1. The quantitative estimate of drug-likeness (QED) is 0.817. The number of halogens is 1. The molecule has 0 radical (unpaired) electrons. The van der Waals surface area contributed by atoms with E-state index in [-0.39, 0.29) is 11.4 Å². The fourth-order valence-corrected chi connectivity index (χ4v) is 1.83. The zero-order chi connectivity index (χ0) is 15.2. The highest BCUT2D eigenvalue weighted by molar-refractivity contribution is 5.57. The molecule has 0 saturated heterocycles. The van der Waals surface area contributed by atoms with Gasteiger partial charge in [-0.2, -0.15) is 0 Å². The van der Waals surface area contributed by atoms with E-state index in [0.29, 0.717) is 30.5 Å². The van der Waals surface area contributed by atoms with Gasteiger partial charge in [0.1, 0.15) is 11.5 Å². The minimum Gasteiger partial charge on any atom is -0.494 e. The van der Waals surface area contributed by atoms with Crippen LogP contribution >= 0.6 is 0 Å². The van der Waals surface area contributed by atoms with Crippen molar-refractivity contribution in [2.24, 2.45) is 0 Å². The monoisotopic (exact) mass is 291 g/mol. The second-order valence-electron chi connectivity index (χ2n) is 4.26. The standard InChI is InChI=1S/C16H18FNO3/c1-3-19-11-6-5-7-12(8-11)21-16-10-15(20-4-2)13(17)9-14(16)18/h5-10H,3-4,18H2,1-2H3. The van der Waals surface area contributed by atoms with Crippen molar-refractivity contribution in [2.45, 2.75) is 13.8 Å². The van der Waals surface area contributed by atoms with E-state index >= 15 is 0 Å². The average Bonchev–Trinajstić information content (AvgIpc) is 2.45. The summed E-state index contributed by atoms with van der Waals surface area (Å²) in [5.41, 5.74) is 5.99. The first kappa shape index (κ1) is 15.0. The third kappa shape index (κ3) is 3.78. The Kier molecular flexibility index (Phi) is 4.87. The molecule has 0 spiro atoms. The first-order valence-electron chi connectivity index (χ1n) is 6.76. The SMILES string of the molecule is CCOc1cccc(Oc2cc(OCC)c(F)cc2N)c1. The Bertz CT molecular complexity index is 616. The Morgan fingerprint density at radius 2 is 1.67 bits per heavy atom. The van der Waals surface area contributed by atoms with Crippen LogP contribution in [0.4, 0.5) is 10.1 Å². The molecule has 5 heteroatoms. The van der Waals surface area contributed by atoms with Crippen molar-refractivity contribution in [1.29, 1.82) is 0 Å². The molecule has 4 nitrogen and oxygen atoms in total. The topological polar surface area (TPSA) is 53.7 Å². The number of rotatable bonds is 6. The minimum atomic E-state index is -0.509.